The number of benzene rings is 3. The van der Waals surface area contributed by atoms with Crippen LogP contribution in [0.1, 0.15) is 46.5 Å². The first-order valence-electron chi connectivity index (χ1n) is 14.2. The molecule has 1 aliphatic rings. The fourth-order valence-corrected chi connectivity index (χ4v) is 11.9. The van der Waals surface area contributed by atoms with Crippen LogP contribution in [-0.4, -0.2) is 61.5 Å². The number of para-hydroxylation sites is 1. The van der Waals surface area contributed by atoms with Crippen LogP contribution >= 0.6 is 0 Å². The van der Waals surface area contributed by atoms with Gasteiger partial charge in [0.05, 0.1) is 23.6 Å². The van der Waals surface area contributed by atoms with Crippen molar-refractivity contribution in [2.24, 2.45) is 0 Å². The van der Waals surface area contributed by atoms with Crippen LogP contribution in [0.3, 0.4) is 0 Å². The van der Waals surface area contributed by atoms with Gasteiger partial charge in [0.2, 0.25) is 9.84 Å². The third-order valence-electron chi connectivity index (χ3n) is 7.73. The van der Waals surface area contributed by atoms with E-state index < -0.39 is 18.2 Å². The molecule has 0 amide bonds. The largest absolute Gasteiger partial charge is 0.407 e. The van der Waals surface area contributed by atoms with Crippen molar-refractivity contribution in [3.05, 3.63) is 91.0 Å². The normalized spacial score (nSPS) is 18.0. The summed E-state index contributed by atoms with van der Waals surface area (Å²) in [6, 6.07) is 30.3. The monoisotopic (exact) mass is 590 g/mol. The highest BCUT2D eigenvalue weighted by atomic mass is 32.2. The molecule has 2 heterocycles. The van der Waals surface area contributed by atoms with Crippen LogP contribution in [0.5, 0.6) is 0 Å². The lowest BCUT2D eigenvalue weighted by Gasteiger charge is -2.43. The van der Waals surface area contributed by atoms with Gasteiger partial charge in [-0.2, -0.15) is 4.68 Å². The summed E-state index contributed by atoms with van der Waals surface area (Å²) in [5.74, 6) is -0.144. The SMILES string of the molecule is CC(C)(C)[Si](OCCC[C@H]1CC[C@@H](CS(=O)(=O)c2nnnn2-c2ccccc2)O1)(c1ccccc1)c1ccccc1. The zero-order valence-electron chi connectivity index (χ0n) is 23.9. The molecule has 5 rings (SSSR count). The molecule has 0 bridgehead atoms. The maximum Gasteiger partial charge on any atom is 0.272 e. The summed E-state index contributed by atoms with van der Waals surface area (Å²) in [4.78, 5) is 0. The second-order valence-electron chi connectivity index (χ2n) is 11.6. The average molecular weight is 591 g/mol. The first-order chi connectivity index (χ1) is 19.7. The number of sulfone groups is 1. The van der Waals surface area contributed by atoms with E-state index in [9.17, 15) is 8.42 Å². The van der Waals surface area contributed by atoms with Crippen LogP contribution in [0.25, 0.3) is 5.69 Å². The van der Waals surface area contributed by atoms with Gasteiger partial charge in [-0.15, -0.1) is 0 Å². The number of nitrogens with zero attached hydrogens (tertiary/aromatic N) is 4. The van der Waals surface area contributed by atoms with E-state index in [0.717, 1.165) is 19.3 Å². The van der Waals surface area contributed by atoms with Crippen molar-refractivity contribution in [2.75, 3.05) is 12.4 Å². The lowest BCUT2D eigenvalue weighted by atomic mass is 10.1. The molecule has 216 valence electrons. The van der Waals surface area contributed by atoms with Gasteiger partial charge in [0, 0.05) is 6.61 Å². The van der Waals surface area contributed by atoms with Gasteiger partial charge in [-0.3, -0.25) is 0 Å². The molecule has 0 radical (unpaired) electrons. The Bertz CT molecular complexity index is 1470. The molecule has 4 aromatic rings. The molecule has 1 saturated heterocycles. The van der Waals surface area contributed by atoms with Crippen molar-refractivity contribution >= 4 is 28.5 Å². The smallest absolute Gasteiger partial charge is 0.272 e. The highest BCUT2D eigenvalue weighted by molar-refractivity contribution is 7.91. The quantitative estimate of drug-likeness (QED) is 0.189. The topological polar surface area (TPSA) is 96.2 Å². The zero-order chi connectivity index (χ0) is 28.9. The number of ether oxygens (including phenoxy) is 1. The highest BCUT2D eigenvalue weighted by Gasteiger charge is 2.50. The molecule has 8 nitrogen and oxygen atoms in total. The Morgan fingerprint density at radius 1 is 0.878 bits per heavy atom. The molecule has 1 aromatic heterocycles. The Morgan fingerprint density at radius 2 is 1.44 bits per heavy atom. The van der Waals surface area contributed by atoms with Crippen LogP contribution in [0.4, 0.5) is 0 Å². The van der Waals surface area contributed by atoms with E-state index in [-0.39, 0.29) is 28.2 Å². The molecule has 10 heteroatoms. The molecule has 0 spiro atoms. The lowest BCUT2D eigenvalue weighted by molar-refractivity contribution is 0.0488. The number of hydrogen-bond acceptors (Lipinski definition) is 7. The fourth-order valence-electron chi connectivity index (χ4n) is 5.84. The lowest BCUT2D eigenvalue weighted by Crippen LogP contribution is -2.66. The Morgan fingerprint density at radius 3 is 2.02 bits per heavy atom. The Hall–Kier alpha value is -3.18. The molecule has 3 aromatic carbocycles. The summed E-state index contributed by atoms with van der Waals surface area (Å²) in [5.41, 5.74) is 0.599. The van der Waals surface area contributed by atoms with Gasteiger partial charge in [0.15, 0.2) is 0 Å². The minimum atomic E-state index is -3.74. The molecule has 1 fully saturated rings. The van der Waals surface area contributed by atoms with E-state index in [2.05, 4.69) is 84.8 Å². The number of tetrazole rings is 1. The van der Waals surface area contributed by atoms with Crippen molar-refractivity contribution in [1.29, 1.82) is 0 Å². The van der Waals surface area contributed by atoms with Crippen LogP contribution in [0.15, 0.2) is 96.2 Å². The molecule has 2 atom stereocenters. The molecular weight excluding hydrogens is 553 g/mol. The third-order valence-corrected chi connectivity index (χ3v) is 14.4. The maximum absolute atomic E-state index is 13.2. The van der Waals surface area contributed by atoms with Gasteiger partial charge in [-0.25, -0.2) is 8.42 Å². The fraction of sp³-hybridized carbons (Fsp3) is 0.387. The number of hydrogen-bond donors (Lipinski definition) is 0. The minimum absolute atomic E-state index is 0.00284. The van der Waals surface area contributed by atoms with Crippen LogP contribution < -0.4 is 10.4 Å². The predicted octanol–water partition coefficient (Wildman–Crippen LogP) is 4.34. The highest BCUT2D eigenvalue weighted by Crippen LogP contribution is 2.37. The summed E-state index contributed by atoms with van der Waals surface area (Å²) >= 11 is 0. The minimum Gasteiger partial charge on any atom is -0.407 e. The van der Waals surface area contributed by atoms with Crippen LogP contribution in [0, 0.1) is 0 Å². The molecular formula is C31H38N4O4SSi. The summed E-state index contributed by atoms with van der Waals surface area (Å²) in [7, 11) is -6.32. The Kier molecular flexibility index (Phi) is 8.84. The van der Waals surface area contributed by atoms with Gasteiger partial charge in [0.25, 0.3) is 13.5 Å². The predicted molar refractivity (Wildman–Crippen MR) is 162 cm³/mol. The molecule has 0 saturated carbocycles. The van der Waals surface area contributed by atoms with E-state index in [0.29, 0.717) is 18.7 Å². The van der Waals surface area contributed by atoms with Gasteiger partial charge in [0.1, 0.15) is 0 Å². The molecule has 0 aliphatic carbocycles. The van der Waals surface area contributed by atoms with E-state index in [1.54, 1.807) is 12.1 Å². The second kappa shape index (κ2) is 12.4. The first-order valence-corrected chi connectivity index (χ1v) is 17.7. The second-order valence-corrected chi connectivity index (χ2v) is 17.8. The van der Waals surface area contributed by atoms with Crippen LogP contribution in [-0.2, 0) is 19.0 Å². The third kappa shape index (κ3) is 6.35. The Labute approximate surface area is 243 Å². The van der Waals surface area contributed by atoms with E-state index in [4.69, 9.17) is 9.16 Å². The van der Waals surface area contributed by atoms with Crippen molar-refractivity contribution in [1.82, 2.24) is 20.2 Å². The van der Waals surface area contributed by atoms with Crippen molar-refractivity contribution in [3.63, 3.8) is 0 Å². The van der Waals surface area contributed by atoms with E-state index >= 15 is 0 Å². The average Bonchev–Trinajstić information content (AvgIpc) is 3.64. The van der Waals surface area contributed by atoms with Gasteiger partial charge >= 0.3 is 0 Å². The maximum atomic E-state index is 13.2. The summed E-state index contributed by atoms with van der Waals surface area (Å²) < 4.78 is 40.9. The van der Waals surface area contributed by atoms with Crippen LogP contribution in [0.2, 0.25) is 5.04 Å². The van der Waals surface area contributed by atoms with Gasteiger partial charge < -0.3 is 9.16 Å². The summed E-state index contributed by atoms with van der Waals surface area (Å²) in [5, 5.41) is 13.6. The van der Waals surface area contributed by atoms with Gasteiger partial charge in [-0.05, 0) is 63.7 Å². The standard InChI is InChI=1S/C31H38N4O4SSi/c1-31(2,3)41(28-17-9-5-10-18-28,29-19-11-6-12-20-29)38-23-13-16-26-21-22-27(39-26)24-40(36,37)30-32-33-34-35(30)25-14-7-4-8-15-25/h4-12,14-15,17-20,26-27H,13,16,21-24H2,1-3H3/t26-,27-/m0/s1. The zero-order valence-corrected chi connectivity index (χ0v) is 25.7. The molecule has 0 N–H and O–H groups in total. The summed E-state index contributed by atoms with van der Waals surface area (Å²) in [6.07, 6.45) is 2.78. The number of aromatic nitrogens is 4. The Balaban J connectivity index is 1.21. The van der Waals surface area contributed by atoms with Crippen molar-refractivity contribution < 1.29 is 17.6 Å². The van der Waals surface area contributed by atoms with Gasteiger partial charge in [-0.1, -0.05) is 105 Å². The van der Waals surface area contributed by atoms with Crippen molar-refractivity contribution in [3.8, 4) is 5.69 Å². The van der Waals surface area contributed by atoms with Crippen molar-refractivity contribution in [2.45, 2.75) is 68.9 Å². The number of rotatable bonds is 11. The van der Waals surface area contributed by atoms with E-state index in [1.165, 1.54) is 15.1 Å². The molecule has 1 aliphatic heterocycles. The molecule has 41 heavy (non-hydrogen) atoms. The van der Waals surface area contributed by atoms with E-state index in [1.807, 2.05) is 30.3 Å². The molecule has 0 unspecified atom stereocenters. The first kappa shape index (κ1) is 29.3. The summed E-state index contributed by atoms with van der Waals surface area (Å²) in [6.45, 7) is 7.44.